The van der Waals surface area contributed by atoms with Crippen molar-refractivity contribution in [1.82, 2.24) is 15.1 Å². The SMILES string of the molecule is Cc1c(C(C)NC(=O)C(C)(N)c2ccc(Br)cc2)cnn1C. The van der Waals surface area contributed by atoms with Crippen molar-refractivity contribution < 1.29 is 4.79 Å². The number of hydrogen-bond donors (Lipinski definition) is 2. The molecule has 0 aliphatic heterocycles. The zero-order valence-corrected chi connectivity index (χ0v) is 14.8. The Morgan fingerprint density at radius 3 is 2.50 bits per heavy atom. The van der Waals surface area contributed by atoms with Crippen LogP contribution in [0.1, 0.15) is 36.7 Å². The molecule has 0 saturated heterocycles. The summed E-state index contributed by atoms with van der Waals surface area (Å²) < 4.78 is 2.74. The molecule has 1 amide bonds. The average Bonchev–Trinajstić information content (AvgIpc) is 2.79. The molecule has 2 atom stereocenters. The van der Waals surface area contributed by atoms with Gasteiger partial charge in [0.2, 0.25) is 5.91 Å². The molecule has 118 valence electrons. The molecule has 0 radical (unpaired) electrons. The van der Waals surface area contributed by atoms with Gasteiger partial charge in [-0.25, -0.2) is 0 Å². The van der Waals surface area contributed by atoms with Crippen LogP contribution in [-0.2, 0) is 17.4 Å². The minimum Gasteiger partial charge on any atom is -0.348 e. The van der Waals surface area contributed by atoms with Gasteiger partial charge in [-0.05, 0) is 38.5 Å². The van der Waals surface area contributed by atoms with Gasteiger partial charge in [-0.2, -0.15) is 5.10 Å². The number of aryl methyl sites for hydroxylation is 1. The fourth-order valence-electron chi connectivity index (χ4n) is 2.29. The molecule has 0 bridgehead atoms. The van der Waals surface area contributed by atoms with E-state index in [0.29, 0.717) is 0 Å². The number of hydrogen-bond acceptors (Lipinski definition) is 3. The molecule has 0 aliphatic rings. The van der Waals surface area contributed by atoms with E-state index >= 15 is 0 Å². The first-order valence-electron chi connectivity index (χ1n) is 7.08. The standard InChI is InChI=1S/C16H21BrN4O/c1-10(14-9-19-21(4)11(14)2)20-15(22)16(3,18)12-5-7-13(17)8-6-12/h5-10H,18H2,1-4H3,(H,20,22). The summed E-state index contributed by atoms with van der Waals surface area (Å²) in [7, 11) is 1.88. The molecule has 0 fully saturated rings. The zero-order valence-electron chi connectivity index (χ0n) is 13.2. The van der Waals surface area contributed by atoms with Crippen LogP contribution in [0.5, 0.6) is 0 Å². The molecule has 1 heterocycles. The number of rotatable bonds is 4. The quantitative estimate of drug-likeness (QED) is 0.875. The zero-order chi connectivity index (χ0) is 16.5. The van der Waals surface area contributed by atoms with E-state index in [2.05, 4.69) is 26.3 Å². The van der Waals surface area contributed by atoms with Crippen LogP contribution >= 0.6 is 15.9 Å². The summed E-state index contributed by atoms with van der Waals surface area (Å²) in [4.78, 5) is 12.6. The number of carbonyl (C=O) groups excluding carboxylic acids is 1. The number of nitrogens with zero attached hydrogens (tertiary/aromatic N) is 2. The maximum Gasteiger partial charge on any atom is 0.244 e. The van der Waals surface area contributed by atoms with Gasteiger partial charge in [0.25, 0.3) is 0 Å². The predicted molar refractivity (Wildman–Crippen MR) is 90.2 cm³/mol. The average molecular weight is 365 g/mol. The summed E-state index contributed by atoms with van der Waals surface area (Å²) in [6.07, 6.45) is 1.77. The van der Waals surface area contributed by atoms with Gasteiger partial charge in [0, 0.05) is 22.8 Å². The van der Waals surface area contributed by atoms with E-state index < -0.39 is 5.54 Å². The van der Waals surface area contributed by atoms with E-state index in [4.69, 9.17) is 5.73 Å². The first-order valence-corrected chi connectivity index (χ1v) is 7.87. The molecule has 22 heavy (non-hydrogen) atoms. The monoisotopic (exact) mass is 364 g/mol. The topological polar surface area (TPSA) is 72.9 Å². The maximum absolute atomic E-state index is 12.6. The second-order valence-corrected chi connectivity index (χ2v) is 6.63. The van der Waals surface area contributed by atoms with Crippen LogP contribution < -0.4 is 11.1 Å². The van der Waals surface area contributed by atoms with Gasteiger partial charge in [-0.3, -0.25) is 9.48 Å². The number of nitrogens with one attached hydrogen (secondary N) is 1. The van der Waals surface area contributed by atoms with Crippen molar-refractivity contribution in [3.8, 4) is 0 Å². The first kappa shape index (κ1) is 16.7. The number of benzene rings is 1. The number of aromatic nitrogens is 2. The van der Waals surface area contributed by atoms with Crippen molar-refractivity contribution in [3.63, 3.8) is 0 Å². The van der Waals surface area contributed by atoms with Gasteiger partial charge in [0.15, 0.2) is 0 Å². The third-order valence-electron chi connectivity index (χ3n) is 4.00. The van der Waals surface area contributed by atoms with Crippen LogP contribution in [0, 0.1) is 6.92 Å². The minimum absolute atomic E-state index is 0.153. The van der Waals surface area contributed by atoms with Crippen molar-refractivity contribution in [2.24, 2.45) is 12.8 Å². The summed E-state index contributed by atoms with van der Waals surface area (Å²) in [6.45, 7) is 5.62. The van der Waals surface area contributed by atoms with E-state index in [9.17, 15) is 4.79 Å². The Morgan fingerprint density at radius 1 is 1.41 bits per heavy atom. The smallest absolute Gasteiger partial charge is 0.244 e. The van der Waals surface area contributed by atoms with Crippen LogP contribution in [-0.4, -0.2) is 15.7 Å². The highest BCUT2D eigenvalue weighted by Gasteiger charge is 2.31. The van der Waals surface area contributed by atoms with Crippen molar-refractivity contribution in [2.45, 2.75) is 32.4 Å². The van der Waals surface area contributed by atoms with Crippen molar-refractivity contribution in [3.05, 3.63) is 51.8 Å². The fraction of sp³-hybridized carbons (Fsp3) is 0.375. The number of carbonyl (C=O) groups is 1. The van der Waals surface area contributed by atoms with Gasteiger partial charge in [-0.1, -0.05) is 28.1 Å². The molecule has 1 aromatic heterocycles. The van der Waals surface area contributed by atoms with E-state index in [1.54, 1.807) is 17.8 Å². The molecule has 2 rings (SSSR count). The Morgan fingerprint density at radius 2 is 2.00 bits per heavy atom. The Kier molecular flexibility index (Phi) is 4.72. The van der Waals surface area contributed by atoms with Gasteiger partial charge < -0.3 is 11.1 Å². The first-order chi connectivity index (χ1) is 10.2. The lowest BCUT2D eigenvalue weighted by atomic mass is 9.91. The number of nitrogens with two attached hydrogens (primary N) is 1. The number of amides is 1. The lowest BCUT2D eigenvalue weighted by molar-refractivity contribution is -0.126. The molecule has 1 aromatic carbocycles. The van der Waals surface area contributed by atoms with Gasteiger partial charge in [0.05, 0.1) is 12.2 Å². The third-order valence-corrected chi connectivity index (χ3v) is 4.53. The van der Waals surface area contributed by atoms with Crippen molar-refractivity contribution >= 4 is 21.8 Å². The second-order valence-electron chi connectivity index (χ2n) is 5.71. The van der Waals surface area contributed by atoms with E-state index in [-0.39, 0.29) is 11.9 Å². The lowest BCUT2D eigenvalue weighted by Crippen LogP contribution is -2.49. The molecule has 0 spiro atoms. The Labute approximate surface area is 139 Å². The second kappa shape index (κ2) is 6.22. The molecule has 2 unspecified atom stereocenters. The normalized spacial score (nSPS) is 15.2. The molecular formula is C16H21BrN4O. The summed E-state index contributed by atoms with van der Waals surface area (Å²) in [5.41, 5.74) is 7.94. The Balaban J connectivity index is 2.17. The van der Waals surface area contributed by atoms with E-state index in [0.717, 1.165) is 21.3 Å². The van der Waals surface area contributed by atoms with Gasteiger partial charge >= 0.3 is 0 Å². The molecule has 5 nitrogen and oxygen atoms in total. The number of halogens is 1. The van der Waals surface area contributed by atoms with E-state index in [1.165, 1.54) is 0 Å². The Bertz CT molecular complexity index is 676. The lowest BCUT2D eigenvalue weighted by Gasteiger charge is -2.26. The summed E-state index contributed by atoms with van der Waals surface area (Å²) >= 11 is 3.38. The molecule has 2 aromatic rings. The fourth-order valence-corrected chi connectivity index (χ4v) is 2.56. The molecule has 6 heteroatoms. The third kappa shape index (κ3) is 3.23. The maximum atomic E-state index is 12.6. The van der Waals surface area contributed by atoms with Crippen LogP contribution in [0.15, 0.2) is 34.9 Å². The van der Waals surface area contributed by atoms with Crippen molar-refractivity contribution in [2.75, 3.05) is 0 Å². The summed E-state index contributed by atoms with van der Waals surface area (Å²) in [5.74, 6) is -0.217. The van der Waals surface area contributed by atoms with Gasteiger partial charge in [-0.15, -0.1) is 0 Å². The highest BCUT2D eigenvalue weighted by atomic mass is 79.9. The minimum atomic E-state index is -1.09. The Hall–Kier alpha value is -1.66. The van der Waals surface area contributed by atoms with Gasteiger partial charge in [0.1, 0.15) is 5.54 Å². The molecular weight excluding hydrogens is 344 g/mol. The predicted octanol–water partition coefficient (Wildman–Crippen LogP) is 2.54. The van der Waals surface area contributed by atoms with Crippen LogP contribution in [0.4, 0.5) is 0 Å². The van der Waals surface area contributed by atoms with Crippen LogP contribution in [0.3, 0.4) is 0 Å². The highest BCUT2D eigenvalue weighted by Crippen LogP contribution is 2.23. The van der Waals surface area contributed by atoms with E-state index in [1.807, 2.05) is 45.2 Å². The molecule has 0 aliphatic carbocycles. The van der Waals surface area contributed by atoms with Crippen molar-refractivity contribution in [1.29, 1.82) is 0 Å². The van der Waals surface area contributed by atoms with Crippen LogP contribution in [0.25, 0.3) is 0 Å². The molecule has 0 saturated carbocycles. The largest absolute Gasteiger partial charge is 0.348 e. The summed E-state index contributed by atoms with van der Waals surface area (Å²) in [6, 6.07) is 7.30. The molecule has 3 N–H and O–H groups in total. The van der Waals surface area contributed by atoms with Crippen LogP contribution in [0.2, 0.25) is 0 Å². The summed E-state index contributed by atoms with van der Waals surface area (Å²) in [5, 5.41) is 7.18. The highest BCUT2D eigenvalue weighted by molar-refractivity contribution is 9.10.